The fraction of sp³-hybridized carbons (Fsp3) is 0.500. The number of hydrogen-bond acceptors (Lipinski definition) is 4. The van der Waals surface area contributed by atoms with Crippen molar-refractivity contribution in [1.82, 2.24) is 15.2 Å². The van der Waals surface area contributed by atoms with E-state index in [2.05, 4.69) is 10.3 Å². The van der Waals surface area contributed by atoms with E-state index >= 15 is 0 Å². The number of piperazine rings is 1. The minimum atomic E-state index is -0.428. The van der Waals surface area contributed by atoms with Gasteiger partial charge in [-0.3, -0.25) is 9.59 Å². The first-order valence-corrected chi connectivity index (χ1v) is 5.87. The standard InChI is InChI=1S/C10H13N3O2S/c1-6-3-11-9(16-6)5-13-4-8(14)12-7(2)10(13)15/h3,7H,4-5H2,1-2H3,(H,12,14). The van der Waals surface area contributed by atoms with E-state index in [0.29, 0.717) is 6.54 Å². The molecule has 2 heterocycles. The zero-order chi connectivity index (χ0) is 11.7. The molecule has 1 aliphatic rings. The van der Waals surface area contributed by atoms with Crippen LogP contribution in [0.1, 0.15) is 16.8 Å². The number of aromatic nitrogens is 1. The molecule has 0 bridgehead atoms. The van der Waals surface area contributed by atoms with Gasteiger partial charge >= 0.3 is 0 Å². The Hall–Kier alpha value is -1.43. The summed E-state index contributed by atoms with van der Waals surface area (Å²) in [6, 6.07) is -0.428. The van der Waals surface area contributed by atoms with Gasteiger partial charge in [-0.15, -0.1) is 11.3 Å². The highest BCUT2D eigenvalue weighted by atomic mass is 32.1. The van der Waals surface area contributed by atoms with Crippen LogP contribution >= 0.6 is 11.3 Å². The summed E-state index contributed by atoms with van der Waals surface area (Å²) in [5, 5.41) is 3.47. The molecule has 1 atom stereocenters. The van der Waals surface area contributed by atoms with Gasteiger partial charge < -0.3 is 10.2 Å². The molecule has 0 spiro atoms. The van der Waals surface area contributed by atoms with E-state index in [9.17, 15) is 9.59 Å². The zero-order valence-electron chi connectivity index (χ0n) is 9.19. The Morgan fingerprint density at radius 1 is 1.62 bits per heavy atom. The molecule has 0 radical (unpaired) electrons. The van der Waals surface area contributed by atoms with Crippen molar-refractivity contribution in [2.24, 2.45) is 0 Å². The molecule has 86 valence electrons. The molecule has 1 unspecified atom stereocenters. The molecule has 0 aliphatic carbocycles. The van der Waals surface area contributed by atoms with E-state index in [0.717, 1.165) is 9.88 Å². The van der Waals surface area contributed by atoms with Gasteiger partial charge in [0.2, 0.25) is 11.8 Å². The minimum absolute atomic E-state index is 0.0487. The van der Waals surface area contributed by atoms with Crippen LogP contribution in [0, 0.1) is 6.92 Å². The molecule has 1 saturated heterocycles. The number of rotatable bonds is 2. The van der Waals surface area contributed by atoms with Crippen molar-refractivity contribution in [2.75, 3.05) is 6.54 Å². The normalized spacial score (nSPS) is 21.1. The molecule has 2 rings (SSSR count). The fourth-order valence-corrected chi connectivity index (χ4v) is 2.45. The molecule has 1 aromatic rings. The van der Waals surface area contributed by atoms with Crippen LogP contribution in [-0.2, 0) is 16.1 Å². The number of thiazole rings is 1. The first kappa shape index (κ1) is 11.1. The molecular formula is C10H13N3O2S. The Bertz CT molecular complexity index is 429. The van der Waals surface area contributed by atoms with E-state index in [1.807, 2.05) is 6.92 Å². The molecule has 1 N–H and O–H groups in total. The first-order valence-electron chi connectivity index (χ1n) is 5.05. The highest BCUT2D eigenvalue weighted by Crippen LogP contribution is 2.15. The maximum absolute atomic E-state index is 11.8. The monoisotopic (exact) mass is 239 g/mol. The quantitative estimate of drug-likeness (QED) is 0.807. The van der Waals surface area contributed by atoms with E-state index < -0.39 is 6.04 Å². The lowest BCUT2D eigenvalue weighted by Gasteiger charge is -2.30. The van der Waals surface area contributed by atoms with Crippen LogP contribution in [0.2, 0.25) is 0 Å². The summed E-state index contributed by atoms with van der Waals surface area (Å²) in [6.45, 7) is 4.21. The second kappa shape index (κ2) is 4.21. The smallest absolute Gasteiger partial charge is 0.245 e. The van der Waals surface area contributed by atoms with Crippen LogP contribution in [0.25, 0.3) is 0 Å². The minimum Gasteiger partial charge on any atom is -0.343 e. The highest BCUT2D eigenvalue weighted by molar-refractivity contribution is 7.11. The Balaban J connectivity index is 2.08. The van der Waals surface area contributed by atoms with Crippen LogP contribution in [0.3, 0.4) is 0 Å². The average Bonchev–Trinajstić information content (AvgIpc) is 2.60. The van der Waals surface area contributed by atoms with Gasteiger partial charge in [0, 0.05) is 11.1 Å². The number of carbonyl (C=O) groups is 2. The Kier molecular flexibility index (Phi) is 2.91. The van der Waals surface area contributed by atoms with Gasteiger partial charge in [-0.2, -0.15) is 0 Å². The molecule has 1 fully saturated rings. The van der Waals surface area contributed by atoms with Crippen molar-refractivity contribution >= 4 is 23.2 Å². The van der Waals surface area contributed by atoms with Crippen molar-refractivity contribution < 1.29 is 9.59 Å². The number of carbonyl (C=O) groups excluding carboxylic acids is 2. The second-order valence-electron chi connectivity index (χ2n) is 3.85. The number of amides is 2. The summed E-state index contributed by atoms with van der Waals surface area (Å²) in [4.78, 5) is 29.9. The molecule has 0 aromatic carbocycles. The third-order valence-corrected chi connectivity index (χ3v) is 3.29. The Morgan fingerprint density at radius 3 is 3.00 bits per heavy atom. The van der Waals surface area contributed by atoms with E-state index in [4.69, 9.17) is 0 Å². The van der Waals surface area contributed by atoms with Crippen molar-refractivity contribution in [2.45, 2.75) is 26.4 Å². The van der Waals surface area contributed by atoms with Gasteiger partial charge in [0.15, 0.2) is 0 Å². The van der Waals surface area contributed by atoms with Gasteiger partial charge in [-0.25, -0.2) is 4.98 Å². The number of nitrogens with one attached hydrogen (secondary N) is 1. The summed E-state index contributed by atoms with van der Waals surface area (Å²) in [5.74, 6) is -0.159. The first-order chi connectivity index (χ1) is 7.56. The lowest BCUT2D eigenvalue weighted by molar-refractivity contribution is -0.144. The Labute approximate surface area is 97.5 Å². The predicted molar refractivity (Wildman–Crippen MR) is 59.9 cm³/mol. The predicted octanol–water partition coefficient (Wildman–Crippen LogP) is 0.298. The van der Waals surface area contributed by atoms with Gasteiger partial charge in [0.05, 0.1) is 6.54 Å². The van der Waals surface area contributed by atoms with Crippen LogP contribution in [0.4, 0.5) is 0 Å². The van der Waals surface area contributed by atoms with Gasteiger partial charge in [-0.05, 0) is 13.8 Å². The summed E-state index contributed by atoms with van der Waals surface area (Å²) < 4.78 is 0. The molecule has 0 saturated carbocycles. The molecular weight excluding hydrogens is 226 g/mol. The molecule has 1 aliphatic heterocycles. The molecule has 16 heavy (non-hydrogen) atoms. The number of nitrogens with zero attached hydrogens (tertiary/aromatic N) is 2. The molecule has 5 nitrogen and oxygen atoms in total. The van der Waals surface area contributed by atoms with Crippen molar-refractivity contribution in [3.8, 4) is 0 Å². The summed E-state index contributed by atoms with van der Waals surface area (Å²) in [6.07, 6.45) is 1.78. The van der Waals surface area contributed by atoms with Crippen molar-refractivity contribution in [3.63, 3.8) is 0 Å². The summed E-state index contributed by atoms with van der Waals surface area (Å²) in [7, 11) is 0. The van der Waals surface area contributed by atoms with Crippen LogP contribution in [0.15, 0.2) is 6.20 Å². The summed E-state index contributed by atoms with van der Waals surface area (Å²) >= 11 is 1.55. The molecule has 1 aromatic heterocycles. The lowest BCUT2D eigenvalue weighted by atomic mass is 10.2. The highest BCUT2D eigenvalue weighted by Gasteiger charge is 2.29. The summed E-state index contributed by atoms with van der Waals surface area (Å²) in [5.41, 5.74) is 0. The van der Waals surface area contributed by atoms with Crippen LogP contribution in [-0.4, -0.2) is 34.3 Å². The molecule has 2 amide bonds. The SMILES string of the molecule is Cc1cnc(CN2CC(=O)NC(C)C2=O)s1. The number of hydrogen-bond donors (Lipinski definition) is 1. The maximum Gasteiger partial charge on any atom is 0.245 e. The van der Waals surface area contributed by atoms with Gasteiger partial charge in [-0.1, -0.05) is 0 Å². The van der Waals surface area contributed by atoms with Gasteiger partial charge in [0.1, 0.15) is 17.6 Å². The van der Waals surface area contributed by atoms with E-state index in [-0.39, 0.29) is 18.4 Å². The van der Waals surface area contributed by atoms with Crippen molar-refractivity contribution in [3.05, 3.63) is 16.1 Å². The fourth-order valence-electron chi connectivity index (χ4n) is 1.65. The number of aryl methyl sites for hydroxylation is 1. The lowest BCUT2D eigenvalue weighted by Crippen LogP contribution is -2.56. The van der Waals surface area contributed by atoms with Gasteiger partial charge in [0.25, 0.3) is 0 Å². The second-order valence-corrected chi connectivity index (χ2v) is 5.17. The van der Waals surface area contributed by atoms with Crippen LogP contribution in [0.5, 0.6) is 0 Å². The van der Waals surface area contributed by atoms with E-state index in [1.54, 1.807) is 29.4 Å². The zero-order valence-corrected chi connectivity index (χ0v) is 10.0. The Morgan fingerprint density at radius 2 is 2.38 bits per heavy atom. The average molecular weight is 239 g/mol. The third-order valence-electron chi connectivity index (χ3n) is 2.39. The topological polar surface area (TPSA) is 62.3 Å². The molecule has 6 heteroatoms. The largest absolute Gasteiger partial charge is 0.343 e. The van der Waals surface area contributed by atoms with Crippen molar-refractivity contribution in [1.29, 1.82) is 0 Å². The third kappa shape index (κ3) is 2.21. The maximum atomic E-state index is 11.8. The van der Waals surface area contributed by atoms with Crippen LogP contribution < -0.4 is 5.32 Å². The van der Waals surface area contributed by atoms with E-state index in [1.165, 1.54) is 0 Å².